The van der Waals surface area contributed by atoms with Crippen LogP contribution in [0.4, 0.5) is 11.4 Å². The van der Waals surface area contributed by atoms with Gasteiger partial charge in [-0.05, 0) is 36.2 Å². The number of nitrogens with two attached hydrogens (primary N) is 1. The molecule has 3 nitrogen and oxygen atoms in total. The highest BCUT2D eigenvalue weighted by Crippen LogP contribution is 2.16. The Morgan fingerprint density at radius 3 is 2.11 bits per heavy atom. The molecular weight excluding hydrogens is 260 g/mol. The molecule has 0 saturated carbocycles. The van der Waals surface area contributed by atoms with Gasteiger partial charge in [0.25, 0.3) is 0 Å². The topological polar surface area (TPSA) is 58.3 Å². The first-order chi connectivity index (χ1) is 8.78. The molecule has 0 aliphatic rings. The van der Waals surface area contributed by atoms with Crippen molar-refractivity contribution in [1.82, 2.24) is 0 Å². The maximum absolute atomic E-state index is 8.91. The van der Waals surface area contributed by atoms with Crippen molar-refractivity contribution in [2.45, 2.75) is 12.5 Å². The van der Waals surface area contributed by atoms with E-state index >= 15 is 0 Å². The van der Waals surface area contributed by atoms with E-state index in [1.807, 2.05) is 54.6 Å². The molecule has 4 heteroatoms. The summed E-state index contributed by atoms with van der Waals surface area (Å²) in [5, 5.41) is 12.2. The average molecular weight is 279 g/mol. The highest BCUT2D eigenvalue weighted by atomic mass is 35.5. The molecule has 0 amide bonds. The van der Waals surface area contributed by atoms with Crippen LogP contribution in [0.15, 0.2) is 54.6 Å². The highest BCUT2D eigenvalue weighted by molar-refractivity contribution is 5.85. The van der Waals surface area contributed by atoms with Gasteiger partial charge >= 0.3 is 0 Å². The molecule has 0 unspecified atom stereocenters. The van der Waals surface area contributed by atoms with Gasteiger partial charge in [0.2, 0.25) is 0 Å². The zero-order chi connectivity index (χ0) is 12.8. The summed E-state index contributed by atoms with van der Waals surface area (Å²) in [6.45, 7) is 0.0179. The Morgan fingerprint density at radius 2 is 1.53 bits per heavy atom. The van der Waals surface area contributed by atoms with E-state index in [0.29, 0.717) is 6.42 Å². The van der Waals surface area contributed by atoms with E-state index < -0.39 is 0 Å². The van der Waals surface area contributed by atoms with Gasteiger partial charge in [0.1, 0.15) is 0 Å². The lowest BCUT2D eigenvalue weighted by atomic mass is 10.1. The van der Waals surface area contributed by atoms with Gasteiger partial charge in [0, 0.05) is 17.4 Å². The van der Waals surface area contributed by atoms with Crippen molar-refractivity contribution < 1.29 is 5.11 Å². The van der Waals surface area contributed by atoms with Crippen molar-refractivity contribution >= 4 is 23.8 Å². The summed E-state index contributed by atoms with van der Waals surface area (Å²) in [5.74, 6) is 0. The minimum absolute atomic E-state index is 0. The zero-order valence-corrected chi connectivity index (χ0v) is 11.4. The minimum atomic E-state index is -0.182. The summed E-state index contributed by atoms with van der Waals surface area (Å²) >= 11 is 0. The van der Waals surface area contributed by atoms with Crippen LogP contribution in [-0.2, 0) is 6.42 Å². The number of halogens is 1. The molecule has 2 aromatic rings. The number of nitrogens with one attached hydrogen (secondary N) is 1. The van der Waals surface area contributed by atoms with Crippen LogP contribution in [0.5, 0.6) is 0 Å². The second-order valence-corrected chi connectivity index (χ2v) is 4.33. The van der Waals surface area contributed by atoms with Crippen molar-refractivity contribution in [2.24, 2.45) is 5.73 Å². The largest absolute Gasteiger partial charge is 0.395 e. The Bertz CT molecular complexity index is 473. The Kier molecular flexibility index (Phi) is 6.36. The second-order valence-electron chi connectivity index (χ2n) is 4.33. The van der Waals surface area contributed by atoms with E-state index in [1.54, 1.807) is 0 Å². The monoisotopic (exact) mass is 278 g/mol. The van der Waals surface area contributed by atoms with E-state index in [-0.39, 0.29) is 25.1 Å². The van der Waals surface area contributed by atoms with Crippen molar-refractivity contribution in [2.75, 3.05) is 11.9 Å². The predicted octanol–water partition coefficient (Wildman–Crippen LogP) is 2.71. The fraction of sp³-hybridized carbons (Fsp3) is 0.200. The Hall–Kier alpha value is -1.55. The van der Waals surface area contributed by atoms with Crippen LogP contribution in [0, 0.1) is 0 Å². The lowest BCUT2D eigenvalue weighted by molar-refractivity contribution is 0.265. The molecule has 0 radical (unpaired) electrons. The van der Waals surface area contributed by atoms with Crippen molar-refractivity contribution in [1.29, 1.82) is 0 Å². The Balaban J connectivity index is 0.00000180. The normalized spacial score (nSPS) is 11.5. The van der Waals surface area contributed by atoms with E-state index in [2.05, 4.69) is 5.32 Å². The van der Waals surface area contributed by atoms with Crippen LogP contribution in [0.1, 0.15) is 5.56 Å². The second kappa shape index (κ2) is 7.79. The van der Waals surface area contributed by atoms with Crippen LogP contribution in [0.3, 0.4) is 0 Å². The van der Waals surface area contributed by atoms with Crippen molar-refractivity contribution in [3.05, 3.63) is 60.2 Å². The van der Waals surface area contributed by atoms with Gasteiger partial charge in [0.05, 0.1) is 6.61 Å². The lowest BCUT2D eigenvalue weighted by Crippen LogP contribution is -2.26. The third-order valence-corrected chi connectivity index (χ3v) is 2.75. The smallest absolute Gasteiger partial charge is 0.0585 e. The Labute approximate surface area is 119 Å². The minimum Gasteiger partial charge on any atom is -0.395 e. The van der Waals surface area contributed by atoms with Gasteiger partial charge in [-0.15, -0.1) is 12.4 Å². The van der Waals surface area contributed by atoms with Gasteiger partial charge in [-0.3, -0.25) is 0 Å². The summed E-state index contributed by atoms with van der Waals surface area (Å²) in [4.78, 5) is 0. The summed E-state index contributed by atoms with van der Waals surface area (Å²) < 4.78 is 0. The highest BCUT2D eigenvalue weighted by Gasteiger charge is 2.02. The average Bonchev–Trinajstić information content (AvgIpc) is 2.42. The first-order valence-corrected chi connectivity index (χ1v) is 6.05. The molecule has 0 saturated heterocycles. The molecule has 2 aromatic carbocycles. The zero-order valence-electron chi connectivity index (χ0n) is 10.6. The molecule has 0 heterocycles. The fourth-order valence-corrected chi connectivity index (χ4v) is 1.78. The van der Waals surface area contributed by atoms with Crippen molar-refractivity contribution in [3.63, 3.8) is 0 Å². The Morgan fingerprint density at radius 1 is 0.947 bits per heavy atom. The molecule has 102 valence electrons. The summed E-state index contributed by atoms with van der Waals surface area (Å²) in [6.07, 6.45) is 0.697. The molecule has 0 bridgehead atoms. The molecule has 0 aliphatic carbocycles. The first kappa shape index (κ1) is 15.5. The number of para-hydroxylation sites is 1. The SMILES string of the molecule is Cl.N[C@H](CO)Cc1ccc(Nc2ccccc2)cc1. The molecule has 0 fully saturated rings. The van der Waals surface area contributed by atoms with Crippen LogP contribution in [0.2, 0.25) is 0 Å². The summed E-state index contributed by atoms with van der Waals surface area (Å²) in [7, 11) is 0. The third-order valence-electron chi connectivity index (χ3n) is 2.75. The number of anilines is 2. The van der Waals surface area contributed by atoms with Gasteiger partial charge in [0.15, 0.2) is 0 Å². The van der Waals surface area contributed by atoms with E-state index in [4.69, 9.17) is 10.8 Å². The van der Waals surface area contributed by atoms with Crippen molar-refractivity contribution in [3.8, 4) is 0 Å². The number of benzene rings is 2. The number of aliphatic hydroxyl groups excluding tert-OH is 1. The standard InChI is InChI=1S/C15H18N2O.ClH/c16-13(11-18)10-12-6-8-15(9-7-12)17-14-4-2-1-3-5-14;/h1-9,13,17-18H,10-11,16H2;1H/t13-;/m0./s1. The van der Waals surface area contributed by atoms with Gasteiger partial charge in [-0.25, -0.2) is 0 Å². The molecule has 1 atom stereocenters. The van der Waals surface area contributed by atoms with Gasteiger partial charge < -0.3 is 16.2 Å². The molecular formula is C15H19ClN2O. The molecule has 0 aromatic heterocycles. The number of aliphatic hydroxyl groups is 1. The first-order valence-electron chi connectivity index (χ1n) is 6.05. The van der Waals surface area contributed by atoms with Crippen LogP contribution < -0.4 is 11.1 Å². The van der Waals surface area contributed by atoms with Crippen LogP contribution in [0.25, 0.3) is 0 Å². The van der Waals surface area contributed by atoms with Gasteiger partial charge in [-0.1, -0.05) is 30.3 Å². The van der Waals surface area contributed by atoms with Gasteiger partial charge in [-0.2, -0.15) is 0 Å². The lowest BCUT2D eigenvalue weighted by Gasteiger charge is -2.10. The van der Waals surface area contributed by atoms with E-state index in [0.717, 1.165) is 16.9 Å². The molecule has 19 heavy (non-hydrogen) atoms. The molecule has 2 rings (SSSR count). The molecule has 0 spiro atoms. The fourth-order valence-electron chi connectivity index (χ4n) is 1.78. The maximum Gasteiger partial charge on any atom is 0.0585 e. The predicted molar refractivity (Wildman–Crippen MR) is 82.2 cm³/mol. The molecule has 0 aliphatic heterocycles. The summed E-state index contributed by atoms with van der Waals surface area (Å²) in [6, 6.07) is 17.9. The molecule has 4 N–H and O–H groups in total. The summed E-state index contributed by atoms with van der Waals surface area (Å²) in [5.41, 5.74) is 8.95. The van der Waals surface area contributed by atoms with E-state index in [9.17, 15) is 0 Å². The number of hydrogen-bond acceptors (Lipinski definition) is 3. The number of hydrogen-bond donors (Lipinski definition) is 3. The maximum atomic E-state index is 8.91. The number of rotatable bonds is 5. The van der Waals surface area contributed by atoms with Crippen LogP contribution in [-0.4, -0.2) is 17.8 Å². The van der Waals surface area contributed by atoms with E-state index in [1.165, 1.54) is 0 Å². The van der Waals surface area contributed by atoms with Crippen LogP contribution >= 0.6 is 12.4 Å². The quantitative estimate of drug-likeness (QED) is 0.788. The third kappa shape index (κ3) is 4.91.